The molecule has 1 aromatic heterocycles. The van der Waals surface area contributed by atoms with Gasteiger partial charge in [-0.3, -0.25) is 4.98 Å². The number of ether oxygens (including phenoxy) is 1. The van der Waals surface area contributed by atoms with Gasteiger partial charge in [-0.05, 0) is 48.9 Å². The molecule has 1 aliphatic heterocycles. The van der Waals surface area contributed by atoms with Crippen LogP contribution < -0.4 is 9.64 Å². The molecule has 1 N–H and O–H groups in total. The molecule has 3 heteroatoms. The topological polar surface area (TPSA) is 26.6 Å². The second kappa shape index (κ2) is 9.18. The van der Waals surface area contributed by atoms with Crippen molar-refractivity contribution in [1.82, 2.24) is 4.98 Å². The number of hydrogen-bond acceptors (Lipinski definition) is 2. The highest BCUT2D eigenvalue weighted by molar-refractivity contribution is 5.39. The van der Waals surface area contributed by atoms with Gasteiger partial charge >= 0.3 is 0 Å². The number of nitrogens with zero attached hydrogens (tertiary/aromatic N) is 1. The first-order valence-corrected chi connectivity index (χ1v) is 10.1. The van der Waals surface area contributed by atoms with Crippen LogP contribution in [0, 0.1) is 6.92 Å². The number of aromatic nitrogens is 1. The normalized spacial score (nSPS) is 20.3. The van der Waals surface area contributed by atoms with E-state index in [9.17, 15) is 0 Å². The van der Waals surface area contributed by atoms with E-state index in [0.29, 0.717) is 12.0 Å². The maximum absolute atomic E-state index is 6.19. The molecule has 1 aliphatic rings. The minimum absolute atomic E-state index is 0.494. The summed E-state index contributed by atoms with van der Waals surface area (Å²) in [6.07, 6.45) is 8.96. The first kappa shape index (κ1) is 18.9. The van der Waals surface area contributed by atoms with Gasteiger partial charge in [0.25, 0.3) is 0 Å². The van der Waals surface area contributed by atoms with E-state index in [-0.39, 0.29) is 0 Å². The zero-order chi connectivity index (χ0) is 18.4. The van der Waals surface area contributed by atoms with Crippen molar-refractivity contribution in [3.05, 3.63) is 59.4 Å². The standard InChI is InChI=1S/C23H32N2O/c1-18(2)21-11-10-19(3)16-23(21)26-15-7-14-25-13-5-4-9-22(25)20-8-6-12-24-17-20/h6,8,10-12,16-18,22H,4-5,7,9,13-15H2,1-3H3/p+1/t22-/m0/s1. The Morgan fingerprint density at radius 3 is 2.88 bits per heavy atom. The number of hydrogen-bond donors (Lipinski definition) is 1. The van der Waals surface area contributed by atoms with Crippen molar-refractivity contribution in [2.24, 2.45) is 0 Å². The van der Waals surface area contributed by atoms with Gasteiger partial charge in [0.2, 0.25) is 0 Å². The van der Waals surface area contributed by atoms with Crippen LogP contribution in [0.25, 0.3) is 0 Å². The van der Waals surface area contributed by atoms with Gasteiger partial charge in [0, 0.05) is 30.8 Å². The van der Waals surface area contributed by atoms with Crippen LogP contribution in [-0.2, 0) is 0 Å². The van der Waals surface area contributed by atoms with Gasteiger partial charge in [0.1, 0.15) is 11.8 Å². The Balaban J connectivity index is 1.55. The van der Waals surface area contributed by atoms with Crippen molar-refractivity contribution in [2.75, 3.05) is 19.7 Å². The molecule has 0 saturated carbocycles. The Labute approximate surface area is 158 Å². The average molecular weight is 354 g/mol. The quantitative estimate of drug-likeness (QED) is 0.759. The average Bonchev–Trinajstić information content (AvgIpc) is 2.66. The summed E-state index contributed by atoms with van der Waals surface area (Å²) in [5.41, 5.74) is 3.97. The van der Waals surface area contributed by atoms with E-state index in [1.807, 2.05) is 12.4 Å². The molecule has 1 aromatic carbocycles. The molecule has 0 radical (unpaired) electrons. The zero-order valence-corrected chi connectivity index (χ0v) is 16.5. The molecular weight excluding hydrogens is 320 g/mol. The van der Waals surface area contributed by atoms with Crippen LogP contribution >= 0.6 is 0 Å². The van der Waals surface area contributed by atoms with E-state index >= 15 is 0 Å². The monoisotopic (exact) mass is 353 g/mol. The van der Waals surface area contributed by atoms with E-state index in [1.54, 1.807) is 4.90 Å². The van der Waals surface area contributed by atoms with Crippen molar-refractivity contribution in [3.8, 4) is 5.75 Å². The lowest BCUT2D eigenvalue weighted by Gasteiger charge is -2.32. The largest absolute Gasteiger partial charge is 0.493 e. The summed E-state index contributed by atoms with van der Waals surface area (Å²) >= 11 is 0. The number of nitrogens with one attached hydrogen (secondary N) is 1. The third kappa shape index (κ3) is 4.85. The molecule has 1 unspecified atom stereocenters. The molecule has 1 fully saturated rings. The third-order valence-corrected chi connectivity index (χ3v) is 5.51. The molecular formula is C23H33N2O+. The maximum Gasteiger partial charge on any atom is 0.123 e. The molecule has 0 aliphatic carbocycles. The molecule has 0 spiro atoms. The zero-order valence-electron chi connectivity index (χ0n) is 16.5. The Kier molecular flexibility index (Phi) is 6.67. The van der Waals surface area contributed by atoms with Gasteiger partial charge in [-0.1, -0.05) is 32.0 Å². The lowest BCUT2D eigenvalue weighted by Crippen LogP contribution is -3.13. The van der Waals surface area contributed by atoms with Crippen molar-refractivity contribution >= 4 is 0 Å². The lowest BCUT2D eigenvalue weighted by molar-refractivity contribution is -0.937. The van der Waals surface area contributed by atoms with Gasteiger partial charge in [-0.2, -0.15) is 0 Å². The van der Waals surface area contributed by atoms with Gasteiger partial charge < -0.3 is 9.64 Å². The fourth-order valence-electron chi connectivity index (χ4n) is 4.09. The van der Waals surface area contributed by atoms with Crippen LogP contribution in [0.15, 0.2) is 42.7 Å². The van der Waals surface area contributed by atoms with Crippen molar-refractivity contribution in [2.45, 2.75) is 58.4 Å². The van der Waals surface area contributed by atoms with E-state index in [2.05, 4.69) is 56.1 Å². The van der Waals surface area contributed by atoms with Crippen LogP contribution in [-0.4, -0.2) is 24.7 Å². The maximum atomic E-state index is 6.19. The van der Waals surface area contributed by atoms with Crippen molar-refractivity contribution in [3.63, 3.8) is 0 Å². The highest BCUT2D eigenvalue weighted by Gasteiger charge is 2.27. The Morgan fingerprint density at radius 2 is 2.12 bits per heavy atom. The van der Waals surface area contributed by atoms with Gasteiger partial charge in [0.15, 0.2) is 0 Å². The summed E-state index contributed by atoms with van der Waals surface area (Å²) in [6, 6.07) is 11.5. The van der Waals surface area contributed by atoms with Gasteiger partial charge in [-0.15, -0.1) is 0 Å². The highest BCUT2D eigenvalue weighted by atomic mass is 16.5. The first-order valence-electron chi connectivity index (χ1n) is 10.1. The Hall–Kier alpha value is -1.87. The number of pyridine rings is 1. The summed E-state index contributed by atoms with van der Waals surface area (Å²) < 4.78 is 6.19. The third-order valence-electron chi connectivity index (χ3n) is 5.51. The lowest BCUT2D eigenvalue weighted by atomic mass is 9.96. The summed E-state index contributed by atoms with van der Waals surface area (Å²) in [4.78, 5) is 6.02. The first-order chi connectivity index (χ1) is 12.6. The minimum Gasteiger partial charge on any atom is -0.493 e. The summed E-state index contributed by atoms with van der Waals surface area (Å²) in [6.45, 7) is 9.82. The summed E-state index contributed by atoms with van der Waals surface area (Å²) in [5, 5.41) is 0. The SMILES string of the molecule is Cc1ccc(C(C)C)c(OCCC[NH+]2CCCC[C@H]2c2cccnc2)c1. The molecule has 2 heterocycles. The van der Waals surface area contributed by atoms with Gasteiger partial charge in [-0.25, -0.2) is 0 Å². The number of rotatable bonds is 7. The fraction of sp³-hybridized carbons (Fsp3) is 0.522. The Bertz CT molecular complexity index is 684. The molecule has 140 valence electrons. The summed E-state index contributed by atoms with van der Waals surface area (Å²) in [7, 11) is 0. The molecule has 3 rings (SSSR count). The van der Waals surface area contributed by atoms with Crippen molar-refractivity contribution in [1.29, 1.82) is 0 Å². The smallest absolute Gasteiger partial charge is 0.123 e. The predicted octanol–water partition coefficient (Wildman–Crippen LogP) is 4.09. The van der Waals surface area contributed by atoms with Crippen LogP contribution in [0.2, 0.25) is 0 Å². The molecule has 1 saturated heterocycles. The summed E-state index contributed by atoms with van der Waals surface area (Å²) in [5.74, 6) is 1.56. The molecule has 3 nitrogen and oxygen atoms in total. The Morgan fingerprint density at radius 1 is 1.23 bits per heavy atom. The number of aryl methyl sites for hydroxylation is 1. The second-order valence-corrected chi connectivity index (χ2v) is 7.89. The number of likely N-dealkylation sites (tertiary alicyclic amines) is 1. The fourth-order valence-corrected chi connectivity index (χ4v) is 4.09. The second-order valence-electron chi connectivity index (χ2n) is 7.89. The van der Waals surface area contributed by atoms with E-state index in [1.165, 1.54) is 49.0 Å². The van der Waals surface area contributed by atoms with Crippen molar-refractivity contribution < 1.29 is 9.64 Å². The van der Waals surface area contributed by atoms with Crippen LogP contribution in [0.3, 0.4) is 0 Å². The number of piperidine rings is 1. The van der Waals surface area contributed by atoms with Crippen LogP contribution in [0.4, 0.5) is 0 Å². The van der Waals surface area contributed by atoms with Crippen LogP contribution in [0.1, 0.15) is 68.2 Å². The minimum atomic E-state index is 0.494. The molecule has 0 bridgehead atoms. The van der Waals surface area contributed by atoms with E-state index < -0.39 is 0 Å². The van der Waals surface area contributed by atoms with Crippen LogP contribution in [0.5, 0.6) is 5.75 Å². The van der Waals surface area contributed by atoms with Gasteiger partial charge in [0.05, 0.1) is 19.7 Å². The van der Waals surface area contributed by atoms with E-state index in [4.69, 9.17) is 4.74 Å². The molecule has 2 aromatic rings. The number of quaternary nitrogens is 1. The van der Waals surface area contributed by atoms with E-state index in [0.717, 1.165) is 18.8 Å². The predicted molar refractivity (Wildman–Crippen MR) is 107 cm³/mol. The highest BCUT2D eigenvalue weighted by Crippen LogP contribution is 2.27. The molecule has 2 atom stereocenters. The molecule has 0 amide bonds. The number of benzene rings is 1. The molecule has 26 heavy (non-hydrogen) atoms.